The fourth-order valence-electron chi connectivity index (χ4n) is 0.965. The van der Waals surface area contributed by atoms with Gasteiger partial charge in [0, 0.05) is 10.8 Å². The van der Waals surface area contributed by atoms with E-state index in [1.165, 1.54) is 0 Å². The summed E-state index contributed by atoms with van der Waals surface area (Å²) < 4.78 is 0. The van der Waals surface area contributed by atoms with Crippen molar-refractivity contribution in [3.05, 3.63) is 33.7 Å². The van der Waals surface area contributed by atoms with E-state index in [0.717, 1.165) is 11.4 Å². The molecule has 2 heterocycles. The van der Waals surface area contributed by atoms with E-state index in [-0.39, 0.29) is 6.03 Å². The van der Waals surface area contributed by atoms with Crippen molar-refractivity contribution in [2.75, 3.05) is 10.6 Å². The number of rotatable bonds is 2. The van der Waals surface area contributed by atoms with E-state index in [0.29, 0.717) is 0 Å². The van der Waals surface area contributed by atoms with Gasteiger partial charge in [0.1, 0.15) is 0 Å². The van der Waals surface area contributed by atoms with Crippen molar-refractivity contribution in [3.63, 3.8) is 0 Å². The largest absolute Gasteiger partial charge is 0.323 e. The fourth-order valence-corrected chi connectivity index (χ4v) is 2.14. The number of hydrogen-bond acceptors (Lipinski definition) is 3. The highest BCUT2D eigenvalue weighted by molar-refractivity contribution is 7.08. The minimum absolute atomic E-state index is 0.207. The van der Waals surface area contributed by atoms with Gasteiger partial charge in [0.25, 0.3) is 0 Å². The van der Waals surface area contributed by atoms with Gasteiger partial charge in [0.2, 0.25) is 0 Å². The number of carbonyl (C=O) groups excluding carboxylic acids is 1. The van der Waals surface area contributed by atoms with E-state index >= 15 is 0 Å². The smallest absolute Gasteiger partial charge is 0.307 e. The Balaban J connectivity index is 1.91. The molecule has 5 heteroatoms. The maximum atomic E-state index is 11.4. The Bertz CT molecular complexity index is 356. The number of hydrogen-bond donors (Lipinski definition) is 2. The molecular weight excluding hydrogens is 216 g/mol. The zero-order chi connectivity index (χ0) is 9.80. The third kappa shape index (κ3) is 2.34. The lowest BCUT2D eigenvalue weighted by Gasteiger charge is -2.02. The van der Waals surface area contributed by atoms with Crippen LogP contribution in [0.1, 0.15) is 0 Å². The molecule has 0 fully saturated rings. The SMILES string of the molecule is O=C(Nc1ccsc1)Nc1ccsc1. The summed E-state index contributed by atoms with van der Waals surface area (Å²) in [4.78, 5) is 11.4. The molecule has 0 aliphatic carbocycles. The van der Waals surface area contributed by atoms with Gasteiger partial charge < -0.3 is 10.6 Å². The molecule has 2 rings (SSSR count). The van der Waals surface area contributed by atoms with Crippen molar-refractivity contribution >= 4 is 40.1 Å². The molecule has 0 bridgehead atoms. The molecule has 72 valence electrons. The number of nitrogens with one attached hydrogen (secondary N) is 2. The lowest BCUT2D eigenvalue weighted by molar-refractivity contribution is 0.262. The van der Waals surface area contributed by atoms with Crippen molar-refractivity contribution < 1.29 is 4.79 Å². The maximum absolute atomic E-state index is 11.4. The molecule has 0 atom stereocenters. The van der Waals surface area contributed by atoms with E-state index in [9.17, 15) is 4.79 Å². The Kier molecular flexibility index (Phi) is 2.81. The third-order valence-corrected chi connectivity index (χ3v) is 2.92. The summed E-state index contributed by atoms with van der Waals surface area (Å²) in [5, 5.41) is 13.0. The second-order valence-corrected chi connectivity index (χ2v) is 4.16. The number of anilines is 2. The van der Waals surface area contributed by atoms with Crippen molar-refractivity contribution in [1.29, 1.82) is 0 Å². The number of carbonyl (C=O) groups is 1. The summed E-state index contributed by atoms with van der Waals surface area (Å²) in [7, 11) is 0. The van der Waals surface area contributed by atoms with Crippen LogP contribution in [0, 0.1) is 0 Å². The Morgan fingerprint density at radius 3 is 1.86 bits per heavy atom. The van der Waals surface area contributed by atoms with Crippen LogP contribution in [-0.2, 0) is 0 Å². The van der Waals surface area contributed by atoms with Gasteiger partial charge >= 0.3 is 6.03 Å². The van der Waals surface area contributed by atoms with Gasteiger partial charge in [-0.3, -0.25) is 0 Å². The molecule has 2 N–H and O–H groups in total. The predicted molar refractivity (Wildman–Crippen MR) is 61.3 cm³/mol. The molecule has 2 aromatic heterocycles. The van der Waals surface area contributed by atoms with E-state index in [2.05, 4.69) is 10.6 Å². The highest BCUT2D eigenvalue weighted by Crippen LogP contribution is 2.14. The lowest BCUT2D eigenvalue weighted by Crippen LogP contribution is -2.18. The number of amides is 2. The van der Waals surface area contributed by atoms with Crippen LogP contribution in [0.4, 0.5) is 16.2 Å². The summed E-state index contributed by atoms with van der Waals surface area (Å²) in [5.74, 6) is 0. The quantitative estimate of drug-likeness (QED) is 0.806. The first-order valence-electron chi connectivity index (χ1n) is 3.97. The first kappa shape index (κ1) is 9.23. The van der Waals surface area contributed by atoms with Gasteiger partial charge in [0.05, 0.1) is 11.4 Å². The Morgan fingerprint density at radius 1 is 1.00 bits per heavy atom. The van der Waals surface area contributed by atoms with E-state index in [1.54, 1.807) is 22.7 Å². The molecule has 0 saturated carbocycles. The molecule has 2 aromatic rings. The van der Waals surface area contributed by atoms with Crippen LogP contribution in [0.3, 0.4) is 0 Å². The molecule has 14 heavy (non-hydrogen) atoms. The van der Waals surface area contributed by atoms with E-state index < -0.39 is 0 Å². The average molecular weight is 224 g/mol. The predicted octanol–water partition coefficient (Wildman–Crippen LogP) is 3.45. The molecule has 0 saturated heterocycles. The molecule has 3 nitrogen and oxygen atoms in total. The molecule has 0 aliphatic rings. The Hall–Kier alpha value is -1.33. The second kappa shape index (κ2) is 4.26. The van der Waals surface area contributed by atoms with E-state index in [1.807, 2.05) is 33.7 Å². The van der Waals surface area contributed by atoms with Crippen molar-refractivity contribution in [2.24, 2.45) is 0 Å². The van der Waals surface area contributed by atoms with Crippen LogP contribution < -0.4 is 10.6 Å². The molecule has 0 aliphatic heterocycles. The molecule has 2 amide bonds. The molecule has 0 spiro atoms. The summed E-state index contributed by atoms with van der Waals surface area (Å²) in [5.41, 5.74) is 1.64. The number of urea groups is 1. The van der Waals surface area contributed by atoms with Gasteiger partial charge in [0.15, 0.2) is 0 Å². The summed E-state index contributed by atoms with van der Waals surface area (Å²) in [6.45, 7) is 0. The average Bonchev–Trinajstić information content (AvgIpc) is 2.76. The molecular formula is C9H8N2OS2. The Labute approximate surface area is 89.4 Å². The standard InChI is InChI=1S/C9H8N2OS2/c12-9(10-7-1-3-13-5-7)11-8-2-4-14-6-8/h1-6H,(H2,10,11,12). The number of thiophene rings is 2. The zero-order valence-corrected chi connectivity index (χ0v) is 8.82. The van der Waals surface area contributed by atoms with Crippen LogP contribution in [0.2, 0.25) is 0 Å². The van der Waals surface area contributed by atoms with Crippen LogP contribution in [0.5, 0.6) is 0 Å². The maximum Gasteiger partial charge on any atom is 0.323 e. The monoisotopic (exact) mass is 224 g/mol. The third-order valence-electron chi connectivity index (χ3n) is 1.56. The summed E-state index contributed by atoms with van der Waals surface area (Å²) >= 11 is 3.10. The van der Waals surface area contributed by atoms with E-state index in [4.69, 9.17) is 0 Å². The summed E-state index contributed by atoms with van der Waals surface area (Å²) in [6, 6.07) is 3.51. The fraction of sp³-hybridized carbons (Fsp3) is 0. The molecule has 0 aromatic carbocycles. The Morgan fingerprint density at radius 2 is 1.50 bits per heavy atom. The van der Waals surface area contributed by atoms with Crippen molar-refractivity contribution in [2.45, 2.75) is 0 Å². The van der Waals surface area contributed by atoms with Gasteiger partial charge in [-0.15, -0.1) is 0 Å². The first-order chi connectivity index (χ1) is 6.84. The topological polar surface area (TPSA) is 41.1 Å². The van der Waals surface area contributed by atoms with Crippen molar-refractivity contribution in [3.8, 4) is 0 Å². The minimum Gasteiger partial charge on any atom is -0.307 e. The highest BCUT2D eigenvalue weighted by atomic mass is 32.1. The van der Waals surface area contributed by atoms with Crippen LogP contribution in [0.15, 0.2) is 33.7 Å². The van der Waals surface area contributed by atoms with Gasteiger partial charge in [-0.05, 0) is 22.9 Å². The molecule has 0 radical (unpaired) electrons. The molecule has 0 unspecified atom stereocenters. The minimum atomic E-state index is -0.207. The zero-order valence-electron chi connectivity index (χ0n) is 7.19. The van der Waals surface area contributed by atoms with Gasteiger partial charge in [-0.25, -0.2) is 4.79 Å². The second-order valence-electron chi connectivity index (χ2n) is 2.60. The first-order valence-corrected chi connectivity index (χ1v) is 5.85. The normalized spacial score (nSPS) is 9.71. The van der Waals surface area contributed by atoms with Crippen LogP contribution >= 0.6 is 22.7 Å². The van der Waals surface area contributed by atoms with Crippen molar-refractivity contribution in [1.82, 2.24) is 0 Å². The summed E-state index contributed by atoms with van der Waals surface area (Å²) in [6.07, 6.45) is 0. The van der Waals surface area contributed by atoms with Crippen LogP contribution in [-0.4, -0.2) is 6.03 Å². The lowest BCUT2D eigenvalue weighted by atomic mass is 10.5. The van der Waals surface area contributed by atoms with Gasteiger partial charge in [-0.2, -0.15) is 22.7 Å². The van der Waals surface area contributed by atoms with Gasteiger partial charge in [-0.1, -0.05) is 0 Å². The van der Waals surface area contributed by atoms with Crippen LogP contribution in [0.25, 0.3) is 0 Å². The highest BCUT2D eigenvalue weighted by Gasteiger charge is 2.01.